The Morgan fingerprint density at radius 2 is 2.14 bits per heavy atom. The molecule has 21 heavy (non-hydrogen) atoms. The molecule has 1 aliphatic carbocycles. The molecule has 1 aromatic heterocycles. The smallest absolute Gasteiger partial charge is 0.230 e. The SMILES string of the molecule is Cc1ccc2nc(NC(=O)C3CCCCCC3N)sc2c1. The lowest BCUT2D eigenvalue weighted by atomic mass is 9.95. The van der Waals surface area contributed by atoms with E-state index in [0.717, 1.165) is 35.9 Å². The number of nitrogens with two attached hydrogens (primary N) is 1. The molecule has 2 atom stereocenters. The molecule has 112 valence electrons. The monoisotopic (exact) mass is 303 g/mol. The number of carbonyl (C=O) groups is 1. The van der Waals surface area contributed by atoms with E-state index >= 15 is 0 Å². The number of rotatable bonds is 2. The molecule has 0 aliphatic heterocycles. The summed E-state index contributed by atoms with van der Waals surface area (Å²) in [5, 5.41) is 3.65. The number of nitrogens with one attached hydrogen (secondary N) is 1. The van der Waals surface area contributed by atoms with E-state index < -0.39 is 0 Å². The molecule has 2 aromatic rings. The number of thiazole rings is 1. The van der Waals surface area contributed by atoms with Gasteiger partial charge in [0.25, 0.3) is 0 Å². The van der Waals surface area contributed by atoms with Gasteiger partial charge in [0, 0.05) is 6.04 Å². The van der Waals surface area contributed by atoms with Gasteiger partial charge in [-0.1, -0.05) is 36.7 Å². The Hall–Kier alpha value is -1.46. The van der Waals surface area contributed by atoms with Crippen LogP contribution in [0.1, 0.15) is 37.7 Å². The van der Waals surface area contributed by atoms with Crippen LogP contribution >= 0.6 is 11.3 Å². The number of nitrogens with zero attached hydrogens (tertiary/aromatic N) is 1. The highest BCUT2D eigenvalue weighted by atomic mass is 32.1. The number of anilines is 1. The average molecular weight is 303 g/mol. The zero-order valence-corrected chi connectivity index (χ0v) is 13.1. The lowest BCUT2D eigenvalue weighted by Crippen LogP contribution is -2.37. The van der Waals surface area contributed by atoms with Crippen molar-refractivity contribution in [3.8, 4) is 0 Å². The first-order valence-corrected chi connectivity index (χ1v) is 8.39. The Bertz CT molecular complexity index is 652. The fourth-order valence-electron chi connectivity index (χ4n) is 2.95. The molecule has 0 saturated heterocycles. The highest BCUT2D eigenvalue weighted by Gasteiger charge is 2.27. The molecule has 3 rings (SSSR count). The molecule has 1 aromatic carbocycles. The third-order valence-electron chi connectivity index (χ3n) is 4.18. The van der Waals surface area contributed by atoms with E-state index in [2.05, 4.69) is 23.3 Å². The molecular weight excluding hydrogens is 282 g/mol. The number of benzene rings is 1. The minimum atomic E-state index is -0.0822. The van der Waals surface area contributed by atoms with Crippen LogP contribution in [0.5, 0.6) is 0 Å². The first-order chi connectivity index (χ1) is 10.1. The van der Waals surface area contributed by atoms with Crippen molar-refractivity contribution in [2.75, 3.05) is 5.32 Å². The van der Waals surface area contributed by atoms with Gasteiger partial charge in [0.2, 0.25) is 5.91 Å². The summed E-state index contributed by atoms with van der Waals surface area (Å²) in [4.78, 5) is 16.9. The molecule has 1 saturated carbocycles. The molecule has 2 unspecified atom stereocenters. The summed E-state index contributed by atoms with van der Waals surface area (Å²) in [5.74, 6) is -0.0542. The second-order valence-corrected chi connectivity index (χ2v) is 6.92. The van der Waals surface area contributed by atoms with Crippen molar-refractivity contribution in [1.29, 1.82) is 0 Å². The van der Waals surface area contributed by atoms with Crippen molar-refractivity contribution >= 4 is 32.6 Å². The maximum Gasteiger partial charge on any atom is 0.230 e. The Kier molecular flexibility index (Phi) is 4.22. The summed E-state index contributed by atoms with van der Waals surface area (Å²) in [6, 6.07) is 6.10. The summed E-state index contributed by atoms with van der Waals surface area (Å²) in [7, 11) is 0. The predicted octanol–water partition coefficient (Wildman–Crippen LogP) is 3.45. The van der Waals surface area contributed by atoms with Gasteiger partial charge < -0.3 is 11.1 Å². The van der Waals surface area contributed by atoms with Gasteiger partial charge in [0.15, 0.2) is 5.13 Å². The lowest BCUT2D eigenvalue weighted by Gasteiger charge is -2.19. The van der Waals surface area contributed by atoms with Crippen LogP contribution in [-0.4, -0.2) is 16.9 Å². The van der Waals surface area contributed by atoms with E-state index in [1.54, 1.807) is 0 Å². The van der Waals surface area contributed by atoms with Crippen LogP contribution in [0.25, 0.3) is 10.2 Å². The minimum absolute atomic E-state index is 0.0240. The number of amides is 1. The van der Waals surface area contributed by atoms with Crippen LogP contribution < -0.4 is 11.1 Å². The molecule has 0 bridgehead atoms. The Labute approximate surface area is 128 Å². The van der Waals surface area contributed by atoms with Crippen LogP contribution in [0.2, 0.25) is 0 Å². The Morgan fingerprint density at radius 3 is 3.00 bits per heavy atom. The molecule has 1 fully saturated rings. The molecule has 0 radical (unpaired) electrons. The topological polar surface area (TPSA) is 68.0 Å². The molecule has 1 amide bonds. The molecule has 3 N–H and O–H groups in total. The van der Waals surface area contributed by atoms with Gasteiger partial charge in [-0.2, -0.15) is 0 Å². The van der Waals surface area contributed by atoms with Gasteiger partial charge >= 0.3 is 0 Å². The van der Waals surface area contributed by atoms with Gasteiger partial charge in [-0.25, -0.2) is 4.98 Å². The van der Waals surface area contributed by atoms with E-state index in [4.69, 9.17) is 5.73 Å². The molecule has 0 spiro atoms. The maximum absolute atomic E-state index is 12.4. The number of aryl methyl sites for hydroxylation is 1. The Morgan fingerprint density at radius 1 is 1.33 bits per heavy atom. The van der Waals surface area contributed by atoms with E-state index in [1.807, 2.05) is 12.1 Å². The third-order valence-corrected chi connectivity index (χ3v) is 5.11. The van der Waals surface area contributed by atoms with Gasteiger partial charge in [-0.3, -0.25) is 4.79 Å². The molecule has 1 aliphatic rings. The predicted molar refractivity (Wildman–Crippen MR) is 87.5 cm³/mol. The molecule has 4 nitrogen and oxygen atoms in total. The van der Waals surface area contributed by atoms with Crippen LogP contribution in [0.4, 0.5) is 5.13 Å². The highest BCUT2D eigenvalue weighted by Crippen LogP contribution is 2.28. The highest BCUT2D eigenvalue weighted by molar-refractivity contribution is 7.22. The number of carbonyl (C=O) groups excluding carboxylic acids is 1. The summed E-state index contributed by atoms with van der Waals surface area (Å²) >= 11 is 1.53. The Balaban J connectivity index is 1.75. The number of hydrogen-bond donors (Lipinski definition) is 2. The van der Waals surface area contributed by atoms with Crippen molar-refractivity contribution in [2.24, 2.45) is 11.7 Å². The number of fused-ring (bicyclic) bond motifs is 1. The van der Waals surface area contributed by atoms with Crippen LogP contribution in [0, 0.1) is 12.8 Å². The van der Waals surface area contributed by atoms with Gasteiger partial charge in [-0.15, -0.1) is 0 Å². The summed E-state index contributed by atoms with van der Waals surface area (Å²) < 4.78 is 1.11. The largest absolute Gasteiger partial charge is 0.327 e. The summed E-state index contributed by atoms with van der Waals surface area (Å²) in [6.45, 7) is 2.06. The van der Waals surface area contributed by atoms with Crippen molar-refractivity contribution < 1.29 is 4.79 Å². The summed E-state index contributed by atoms with van der Waals surface area (Å²) in [6.07, 6.45) is 5.22. The van der Waals surface area contributed by atoms with E-state index in [-0.39, 0.29) is 17.9 Å². The maximum atomic E-state index is 12.4. The van der Waals surface area contributed by atoms with E-state index in [9.17, 15) is 4.79 Å². The van der Waals surface area contributed by atoms with E-state index in [0.29, 0.717) is 5.13 Å². The first-order valence-electron chi connectivity index (χ1n) is 7.57. The van der Waals surface area contributed by atoms with Crippen molar-refractivity contribution in [1.82, 2.24) is 4.98 Å². The fourth-order valence-corrected chi connectivity index (χ4v) is 3.91. The van der Waals surface area contributed by atoms with Crippen LogP contribution in [-0.2, 0) is 4.79 Å². The van der Waals surface area contributed by atoms with Crippen LogP contribution in [0.15, 0.2) is 18.2 Å². The third kappa shape index (κ3) is 3.24. The van der Waals surface area contributed by atoms with E-state index in [1.165, 1.54) is 23.3 Å². The second kappa shape index (κ2) is 6.12. The number of hydrogen-bond acceptors (Lipinski definition) is 4. The van der Waals surface area contributed by atoms with Gasteiger partial charge in [0.05, 0.1) is 16.1 Å². The zero-order chi connectivity index (χ0) is 14.8. The lowest BCUT2D eigenvalue weighted by molar-refractivity contribution is -0.120. The molecule has 5 heteroatoms. The molecular formula is C16H21N3OS. The van der Waals surface area contributed by atoms with Crippen molar-refractivity contribution in [3.05, 3.63) is 23.8 Å². The normalized spacial score (nSPS) is 23.0. The minimum Gasteiger partial charge on any atom is -0.327 e. The first kappa shape index (κ1) is 14.5. The quantitative estimate of drug-likeness (QED) is 0.835. The van der Waals surface area contributed by atoms with Gasteiger partial charge in [0.1, 0.15) is 0 Å². The van der Waals surface area contributed by atoms with Crippen LogP contribution in [0.3, 0.4) is 0 Å². The van der Waals surface area contributed by atoms with Gasteiger partial charge in [-0.05, 0) is 37.5 Å². The zero-order valence-electron chi connectivity index (χ0n) is 12.3. The fraction of sp³-hybridized carbons (Fsp3) is 0.500. The van der Waals surface area contributed by atoms with Crippen molar-refractivity contribution in [3.63, 3.8) is 0 Å². The standard InChI is InChI=1S/C16H21N3OS/c1-10-7-8-13-14(9-10)21-16(18-13)19-15(20)11-5-3-2-4-6-12(11)17/h7-9,11-12H,2-6,17H2,1H3,(H,18,19,20). The average Bonchev–Trinajstić information content (AvgIpc) is 2.69. The van der Waals surface area contributed by atoms with Crippen molar-refractivity contribution in [2.45, 2.75) is 45.1 Å². The number of aromatic nitrogens is 1. The molecule has 1 heterocycles. The summed E-state index contributed by atoms with van der Waals surface area (Å²) in [5.41, 5.74) is 8.29. The second-order valence-electron chi connectivity index (χ2n) is 5.89.